The maximum atomic E-state index is 12.8. The number of sulfone groups is 1. The molecular formula is C14H18F3NO3S. The summed E-state index contributed by atoms with van der Waals surface area (Å²) < 4.78 is 60.9. The summed E-state index contributed by atoms with van der Waals surface area (Å²) in [4.78, 5) is 1.72. The number of rotatable bonds is 4. The van der Waals surface area contributed by atoms with E-state index >= 15 is 0 Å². The minimum Gasteiger partial charge on any atom is -0.392 e. The summed E-state index contributed by atoms with van der Waals surface area (Å²) in [5.41, 5.74) is -0.297. The van der Waals surface area contributed by atoms with E-state index in [9.17, 15) is 26.7 Å². The molecule has 0 saturated carbocycles. The predicted octanol–water partition coefficient (Wildman–Crippen LogP) is 1.86. The molecule has 0 amide bonds. The first-order valence-corrected chi connectivity index (χ1v) is 8.89. The first kappa shape index (κ1) is 17.2. The van der Waals surface area contributed by atoms with Crippen molar-refractivity contribution in [3.8, 4) is 0 Å². The number of alkyl halides is 3. The van der Waals surface area contributed by atoms with Crippen LogP contribution in [-0.4, -0.2) is 49.6 Å². The maximum absolute atomic E-state index is 12.8. The maximum Gasteiger partial charge on any atom is 0.416 e. The first-order chi connectivity index (χ1) is 10.1. The van der Waals surface area contributed by atoms with Crippen molar-refractivity contribution in [2.45, 2.75) is 24.7 Å². The molecule has 0 aliphatic carbocycles. The lowest BCUT2D eigenvalue weighted by Gasteiger charge is -2.24. The highest BCUT2D eigenvalue weighted by Gasteiger charge is 2.35. The Kier molecular flexibility index (Phi) is 4.84. The third kappa shape index (κ3) is 4.44. The number of hydrogen-bond donors (Lipinski definition) is 1. The van der Waals surface area contributed by atoms with E-state index in [1.807, 2.05) is 0 Å². The van der Waals surface area contributed by atoms with Gasteiger partial charge in [-0.15, -0.1) is 0 Å². The SMILES string of the molecule is CS(=O)(=O)CCN1CC(O)CC1c1cccc(C(F)(F)F)c1. The lowest BCUT2D eigenvalue weighted by Crippen LogP contribution is -2.30. The van der Waals surface area contributed by atoms with Gasteiger partial charge in [0, 0.05) is 25.4 Å². The van der Waals surface area contributed by atoms with E-state index < -0.39 is 33.7 Å². The highest BCUT2D eigenvalue weighted by molar-refractivity contribution is 7.90. The van der Waals surface area contributed by atoms with Crippen LogP contribution in [0, 0.1) is 0 Å². The summed E-state index contributed by atoms with van der Waals surface area (Å²) in [7, 11) is -3.17. The zero-order valence-electron chi connectivity index (χ0n) is 12.0. The first-order valence-electron chi connectivity index (χ1n) is 6.83. The largest absolute Gasteiger partial charge is 0.416 e. The second-order valence-electron chi connectivity index (χ2n) is 5.65. The van der Waals surface area contributed by atoms with E-state index in [4.69, 9.17) is 0 Å². The molecule has 0 spiro atoms. The fraction of sp³-hybridized carbons (Fsp3) is 0.571. The average molecular weight is 337 g/mol. The van der Waals surface area contributed by atoms with Gasteiger partial charge in [-0.25, -0.2) is 8.42 Å². The van der Waals surface area contributed by atoms with Crippen LogP contribution in [0.2, 0.25) is 0 Å². The summed E-state index contributed by atoms with van der Waals surface area (Å²) in [6.07, 6.45) is -3.69. The zero-order chi connectivity index (χ0) is 16.5. The van der Waals surface area contributed by atoms with E-state index in [1.54, 1.807) is 11.0 Å². The van der Waals surface area contributed by atoms with Crippen molar-refractivity contribution in [1.29, 1.82) is 0 Å². The molecule has 4 nitrogen and oxygen atoms in total. The van der Waals surface area contributed by atoms with Crippen molar-refractivity contribution in [3.05, 3.63) is 35.4 Å². The molecule has 1 heterocycles. The third-order valence-corrected chi connectivity index (χ3v) is 4.65. The Labute approximate surface area is 127 Å². The van der Waals surface area contributed by atoms with E-state index in [-0.39, 0.29) is 18.8 Å². The van der Waals surface area contributed by atoms with Gasteiger partial charge < -0.3 is 5.11 Å². The minimum atomic E-state index is -4.43. The molecular weight excluding hydrogens is 319 g/mol. The number of halogens is 3. The van der Waals surface area contributed by atoms with Crippen LogP contribution < -0.4 is 0 Å². The minimum absolute atomic E-state index is 0.0881. The molecule has 2 atom stereocenters. The van der Waals surface area contributed by atoms with Crippen LogP contribution in [0.3, 0.4) is 0 Å². The van der Waals surface area contributed by atoms with E-state index in [0.717, 1.165) is 18.4 Å². The molecule has 2 rings (SSSR count). The lowest BCUT2D eigenvalue weighted by atomic mass is 10.0. The molecule has 1 fully saturated rings. The number of aliphatic hydroxyl groups excluding tert-OH is 1. The molecule has 0 bridgehead atoms. The summed E-state index contributed by atoms with van der Waals surface area (Å²) in [6.45, 7) is 0.452. The molecule has 1 aliphatic heterocycles. The number of nitrogens with zero attached hydrogens (tertiary/aromatic N) is 1. The fourth-order valence-electron chi connectivity index (χ4n) is 2.68. The van der Waals surface area contributed by atoms with Crippen LogP contribution in [-0.2, 0) is 16.0 Å². The van der Waals surface area contributed by atoms with Gasteiger partial charge in [0.25, 0.3) is 0 Å². The smallest absolute Gasteiger partial charge is 0.392 e. The number of benzene rings is 1. The summed E-state index contributed by atoms with van der Waals surface area (Å²) in [6, 6.07) is 4.56. The van der Waals surface area contributed by atoms with E-state index in [0.29, 0.717) is 12.0 Å². The van der Waals surface area contributed by atoms with Gasteiger partial charge in [-0.1, -0.05) is 12.1 Å². The van der Waals surface area contributed by atoms with Crippen LogP contribution in [0.25, 0.3) is 0 Å². The lowest BCUT2D eigenvalue weighted by molar-refractivity contribution is -0.137. The van der Waals surface area contributed by atoms with Gasteiger partial charge in [-0.3, -0.25) is 4.90 Å². The van der Waals surface area contributed by atoms with Crippen LogP contribution in [0.1, 0.15) is 23.6 Å². The summed E-state index contributed by atoms with van der Waals surface area (Å²) in [5.74, 6) is -0.0881. The Morgan fingerprint density at radius 3 is 2.64 bits per heavy atom. The third-order valence-electron chi connectivity index (χ3n) is 3.73. The van der Waals surface area contributed by atoms with Gasteiger partial charge in [0.15, 0.2) is 0 Å². The Morgan fingerprint density at radius 2 is 2.05 bits per heavy atom. The second kappa shape index (κ2) is 6.17. The Hall–Kier alpha value is -1.12. The molecule has 1 aromatic carbocycles. The number of hydrogen-bond acceptors (Lipinski definition) is 4. The molecule has 1 aliphatic rings. The second-order valence-corrected chi connectivity index (χ2v) is 7.91. The monoisotopic (exact) mass is 337 g/mol. The van der Waals surface area contributed by atoms with Crippen molar-refractivity contribution in [3.63, 3.8) is 0 Å². The Bertz CT molecular complexity index is 630. The van der Waals surface area contributed by atoms with E-state index in [1.165, 1.54) is 6.07 Å². The van der Waals surface area contributed by atoms with Gasteiger partial charge in [-0.2, -0.15) is 13.2 Å². The zero-order valence-corrected chi connectivity index (χ0v) is 12.9. The highest BCUT2D eigenvalue weighted by atomic mass is 32.2. The van der Waals surface area contributed by atoms with Crippen LogP contribution in [0.5, 0.6) is 0 Å². The average Bonchev–Trinajstić information content (AvgIpc) is 2.76. The van der Waals surface area contributed by atoms with Crippen LogP contribution in [0.15, 0.2) is 24.3 Å². The quantitative estimate of drug-likeness (QED) is 0.911. The van der Waals surface area contributed by atoms with Gasteiger partial charge in [0.2, 0.25) is 0 Å². The topological polar surface area (TPSA) is 57.6 Å². The normalized spacial score (nSPS) is 23.9. The molecule has 1 saturated heterocycles. The number of aliphatic hydroxyl groups is 1. The molecule has 2 unspecified atom stereocenters. The van der Waals surface area contributed by atoms with Crippen molar-refractivity contribution < 1.29 is 26.7 Å². The van der Waals surface area contributed by atoms with Gasteiger partial charge in [0.1, 0.15) is 9.84 Å². The van der Waals surface area contributed by atoms with E-state index in [2.05, 4.69) is 0 Å². The van der Waals surface area contributed by atoms with Crippen molar-refractivity contribution >= 4 is 9.84 Å². The summed E-state index contributed by atoms with van der Waals surface area (Å²) in [5, 5.41) is 9.78. The van der Waals surface area contributed by atoms with Gasteiger partial charge in [0.05, 0.1) is 17.4 Å². The standard InChI is InChI=1S/C14H18F3NO3S/c1-22(20,21)6-5-18-9-12(19)8-13(18)10-3-2-4-11(7-10)14(15,16)17/h2-4,7,12-13,19H,5-6,8-9H2,1H3. The van der Waals surface area contributed by atoms with Crippen molar-refractivity contribution in [2.75, 3.05) is 25.1 Å². The molecule has 1 N–H and O–H groups in total. The Balaban J connectivity index is 2.21. The number of likely N-dealkylation sites (tertiary alicyclic amines) is 1. The van der Waals surface area contributed by atoms with Gasteiger partial charge in [-0.05, 0) is 24.1 Å². The van der Waals surface area contributed by atoms with Crippen molar-refractivity contribution in [1.82, 2.24) is 4.90 Å². The summed E-state index contributed by atoms with van der Waals surface area (Å²) >= 11 is 0. The van der Waals surface area contributed by atoms with Crippen LogP contribution >= 0.6 is 0 Å². The molecule has 8 heteroatoms. The van der Waals surface area contributed by atoms with Gasteiger partial charge >= 0.3 is 6.18 Å². The molecule has 124 valence electrons. The number of β-amino-alcohol motifs (C(OH)–C–C–N with tert-alkyl or cyclic N) is 1. The van der Waals surface area contributed by atoms with Crippen molar-refractivity contribution in [2.24, 2.45) is 0 Å². The predicted molar refractivity (Wildman–Crippen MR) is 76.1 cm³/mol. The molecule has 0 radical (unpaired) electrons. The molecule has 0 aromatic heterocycles. The molecule has 1 aromatic rings. The highest BCUT2D eigenvalue weighted by Crippen LogP contribution is 2.35. The molecule has 22 heavy (non-hydrogen) atoms. The Morgan fingerprint density at radius 1 is 1.36 bits per heavy atom. The fourth-order valence-corrected chi connectivity index (χ4v) is 3.24. The van der Waals surface area contributed by atoms with Crippen LogP contribution in [0.4, 0.5) is 13.2 Å².